The summed E-state index contributed by atoms with van der Waals surface area (Å²) in [6, 6.07) is 0. The van der Waals surface area contributed by atoms with Crippen molar-refractivity contribution in [3.05, 3.63) is 122 Å². The minimum atomic E-state index is -0.792. The van der Waals surface area contributed by atoms with Crippen molar-refractivity contribution in [2.24, 2.45) is 0 Å². The molecular formula is C75H126O6. The Morgan fingerprint density at radius 2 is 0.481 bits per heavy atom. The van der Waals surface area contributed by atoms with Crippen LogP contribution in [-0.4, -0.2) is 37.2 Å². The Balaban J connectivity index is 4.34. The maximum atomic E-state index is 12.9. The standard InChI is InChI=1S/C75H126O6/c1-4-7-10-13-16-19-22-25-28-30-32-33-34-35-36-37-38-39-40-41-43-44-47-50-53-56-59-62-65-68-74(77)80-71-72(70-79-73(76)67-64-61-58-55-52-49-46-27-24-21-18-15-12-9-6-3)81-75(78)69-66-63-60-57-54-51-48-45-42-31-29-26-23-20-17-14-11-8-5-2/h7,10,16-21,25-29,32-33,35-36,38-39,46,72H,4-6,8-9,11-15,22-24,30-31,34,37,40-45,47-71H2,1-3H3/b10-7-,19-16-,20-17-,21-18-,28-25-,29-26-,33-32-,36-35-,39-38-,46-27-. The Morgan fingerprint density at radius 1 is 0.259 bits per heavy atom. The Labute approximate surface area is 501 Å². The van der Waals surface area contributed by atoms with Gasteiger partial charge >= 0.3 is 17.9 Å². The predicted octanol–water partition coefficient (Wildman–Crippen LogP) is 23.6. The van der Waals surface area contributed by atoms with Gasteiger partial charge in [-0.1, -0.05) is 284 Å². The summed E-state index contributed by atoms with van der Waals surface area (Å²) in [4.78, 5) is 38.4. The number of unbranched alkanes of at least 4 members (excludes halogenated alkanes) is 30. The number of ether oxygens (including phenoxy) is 3. The average Bonchev–Trinajstić information content (AvgIpc) is 3.47. The van der Waals surface area contributed by atoms with Crippen molar-refractivity contribution in [1.82, 2.24) is 0 Å². The first-order valence-corrected chi connectivity index (χ1v) is 34.0. The fourth-order valence-electron chi connectivity index (χ4n) is 9.33. The minimum Gasteiger partial charge on any atom is -0.462 e. The predicted molar refractivity (Wildman–Crippen MR) is 353 cm³/mol. The smallest absolute Gasteiger partial charge is 0.306 e. The van der Waals surface area contributed by atoms with E-state index in [1.54, 1.807) is 0 Å². The summed E-state index contributed by atoms with van der Waals surface area (Å²) in [5.41, 5.74) is 0. The number of carbonyl (C=O) groups excluding carboxylic acids is 3. The summed E-state index contributed by atoms with van der Waals surface area (Å²) in [6.07, 6.45) is 94.9. The zero-order valence-corrected chi connectivity index (χ0v) is 53.0. The van der Waals surface area contributed by atoms with Crippen LogP contribution in [0.5, 0.6) is 0 Å². The first-order valence-electron chi connectivity index (χ1n) is 34.0. The summed E-state index contributed by atoms with van der Waals surface area (Å²) in [7, 11) is 0. The van der Waals surface area contributed by atoms with E-state index in [1.807, 2.05) is 0 Å². The Hall–Kier alpha value is -4.19. The largest absolute Gasteiger partial charge is 0.462 e. The quantitative estimate of drug-likeness (QED) is 0.0261. The van der Waals surface area contributed by atoms with Crippen molar-refractivity contribution in [2.75, 3.05) is 13.2 Å². The molecule has 0 aromatic rings. The summed E-state index contributed by atoms with van der Waals surface area (Å²) >= 11 is 0. The molecule has 0 saturated heterocycles. The van der Waals surface area contributed by atoms with Gasteiger partial charge in [0.2, 0.25) is 0 Å². The van der Waals surface area contributed by atoms with Gasteiger partial charge in [0.25, 0.3) is 0 Å². The van der Waals surface area contributed by atoms with Crippen LogP contribution in [0.15, 0.2) is 122 Å². The Kier molecular flexibility index (Phi) is 64.8. The molecule has 0 N–H and O–H groups in total. The molecule has 0 aliphatic carbocycles. The number of allylic oxidation sites excluding steroid dienone is 20. The maximum absolute atomic E-state index is 12.9. The Bertz CT molecular complexity index is 1670. The van der Waals surface area contributed by atoms with E-state index in [4.69, 9.17) is 14.2 Å². The lowest BCUT2D eigenvalue weighted by atomic mass is 10.1. The molecule has 0 spiro atoms. The van der Waals surface area contributed by atoms with E-state index in [0.717, 1.165) is 128 Å². The van der Waals surface area contributed by atoms with Gasteiger partial charge < -0.3 is 14.2 Å². The molecule has 0 aliphatic rings. The van der Waals surface area contributed by atoms with Crippen LogP contribution in [0.1, 0.15) is 316 Å². The molecule has 0 bridgehead atoms. The maximum Gasteiger partial charge on any atom is 0.306 e. The molecule has 0 heterocycles. The van der Waals surface area contributed by atoms with Gasteiger partial charge in [-0.2, -0.15) is 0 Å². The summed E-state index contributed by atoms with van der Waals surface area (Å²) < 4.78 is 17.0. The molecule has 0 rings (SSSR count). The third-order valence-corrected chi connectivity index (χ3v) is 14.4. The van der Waals surface area contributed by atoms with Crippen molar-refractivity contribution in [2.45, 2.75) is 322 Å². The lowest BCUT2D eigenvalue weighted by Gasteiger charge is -2.18. The van der Waals surface area contributed by atoms with Crippen LogP contribution in [0.2, 0.25) is 0 Å². The van der Waals surface area contributed by atoms with Crippen LogP contribution in [0.25, 0.3) is 0 Å². The van der Waals surface area contributed by atoms with E-state index in [2.05, 4.69) is 142 Å². The number of hydrogen-bond acceptors (Lipinski definition) is 6. The zero-order chi connectivity index (χ0) is 58.5. The monoisotopic (exact) mass is 1120 g/mol. The molecule has 0 amide bonds. The van der Waals surface area contributed by atoms with Gasteiger partial charge in [-0.15, -0.1) is 0 Å². The molecule has 0 saturated carbocycles. The fourth-order valence-corrected chi connectivity index (χ4v) is 9.33. The lowest BCUT2D eigenvalue weighted by Crippen LogP contribution is -2.30. The second-order valence-corrected chi connectivity index (χ2v) is 22.3. The number of hydrogen-bond donors (Lipinski definition) is 0. The fraction of sp³-hybridized carbons (Fsp3) is 0.693. The van der Waals surface area contributed by atoms with Crippen LogP contribution < -0.4 is 0 Å². The third-order valence-electron chi connectivity index (χ3n) is 14.4. The molecule has 1 atom stereocenters. The molecule has 0 radical (unpaired) electrons. The summed E-state index contributed by atoms with van der Waals surface area (Å²) in [5, 5.41) is 0. The second-order valence-electron chi connectivity index (χ2n) is 22.3. The molecule has 6 heteroatoms. The van der Waals surface area contributed by atoms with E-state index >= 15 is 0 Å². The summed E-state index contributed by atoms with van der Waals surface area (Å²) in [5.74, 6) is -0.901. The topological polar surface area (TPSA) is 78.9 Å². The molecule has 1 unspecified atom stereocenters. The zero-order valence-electron chi connectivity index (χ0n) is 53.0. The van der Waals surface area contributed by atoms with Gasteiger partial charge in [0.15, 0.2) is 6.10 Å². The van der Waals surface area contributed by atoms with E-state index < -0.39 is 6.10 Å². The Morgan fingerprint density at radius 3 is 0.753 bits per heavy atom. The van der Waals surface area contributed by atoms with Crippen LogP contribution in [0, 0.1) is 0 Å². The van der Waals surface area contributed by atoms with Crippen LogP contribution in [0.3, 0.4) is 0 Å². The second kappa shape index (κ2) is 68.3. The molecule has 0 aromatic carbocycles. The number of esters is 3. The molecular weight excluding hydrogens is 997 g/mol. The van der Waals surface area contributed by atoms with Crippen LogP contribution in [0.4, 0.5) is 0 Å². The van der Waals surface area contributed by atoms with Gasteiger partial charge in [0.1, 0.15) is 13.2 Å². The first kappa shape index (κ1) is 76.8. The highest BCUT2D eigenvalue weighted by Crippen LogP contribution is 2.16. The minimum absolute atomic E-state index is 0.0875. The highest BCUT2D eigenvalue weighted by molar-refractivity contribution is 5.71. The number of carbonyl (C=O) groups is 3. The molecule has 0 aliphatic heterocycles. The first-order chi connectivity index (χ1) is 40.0. The van der Waals surface area contributed by atoms with Crippen molar-refractivity contribution >= 4 is 17.9 Å². The van der Waals surface area contributed by atoms with Gasteiger partial charge in [0, 0.05) is 19.3 Å². The normalized spacial score (nSPS) is 12.9. The van der Waals surface area contributed by atoms with E-state index in [9.17, 15) is 14.4 Å². The van der Waals surface area contributed by atoms with E-state index in [0.29, 0.717) is 19.3 Å². The van der Waals surface area contributed by atoms with Crippen molar-refractivity contribution < 1.29 is 28.6 Å². The van der Waals surface area contributed by atoms with Gasteiger partial charge in [-0.25, -0.2) is 0 Å². The number of rotatable bonds is 61. The average molecular weight is 1120 g/mol. The SMILES string of the molecule is CC/C=C\C/C=C\C/C=C\C/C=C\C/C=C\C/C=C\CCCCCCCCCCCCC(=O)OCC(COC(=O)CCCCCCC/C=C\C/C=C\CCCCC)OC(=O)CCCCCCCCCCC/C=C\C/C=C\CCCCC. The van der Waals surface area contributed by atoms with Crippen LogP contribution >= 0.6 is 0 Å². The highest BCUT2D eigenvalue weighted by Gasteiger charge is 2.19. The third kappa shape index (κ3) is 66.5. The molecule has 81 heavy (non-hydrogen) atoms. The van der Waals surface area contributed by atoms with E-state index in [-0.39, 0.29) is 31.1 Å². The van der Waals surface area contributed by atoms with Crippen LogP contribution in [-0.2, 0) is 28.6 Å². The highest BCUT2D eigenvalue weighted by atomic mass is 16.6. The van der Waals surface area contributed by atoms with Crippen molar-refractivity contribution in [3.63, 3.8) is 0 Å². The molecule has 0 aromatic heterocycles. The lowest BCUT2D eigenvalue weighted by molar-refractivity contribution is -0.167. The summed E-state index contributed by atoms with van der Waals surface area (Å²) in [6.45, 7) is 6.48. The molecule has 0 fully saturated rings. The van der Waals surface area contributed by atoms with Gasteiger partial charge in [-0.3, -0.25) is 14.4 Å². The van der Waals surface area contributed by atoms with Gasteiger partial charge in [0.05, 0.1) is 0 Å². The van der Waals surface area contributed by atoms with Gasteiger partial charge in [-0.05, 0) is 135 Å². The van der Waals surface area contributed by atoms with Crippen molar-refractivity contribution in [3.8, 4) is 0 Å². The van der Waals surface area contributed by atoms with E-state index in [1.165, 1.54) is 148 Å². The molecule has 6 nitrogen and oxygen atoms in total. The van der Waals surface area contributed by atoms with Crippen molar-refractivity contribution in [1.29, 1.82) is 0 Å². The molecule has 462 valence electrons.